The largest absolute Gasteiger partial charge is 0.456 e. The lowest BCUT2D eigenvalue weighted by Gasteiger charge is -2.24. The van der Waals surface area contributed by atoms with E-state index in [1.165, 1.54) is 49.5 Å². The van der Waals surface area contributed by atoms with E-state index >= 15 is 0 Å². The van der Waals surface area contributed by atoms with Crippen molar-refractivity contribution < 1.29 is 4.42 Å². The predicted octanol–water partition coefficient (Wildman–Crippen LogP) is 13.7. The second kappa shape index (κ2) is 11.6. The second-order valence-corrected chi connectivity index (χ2v) is 14.9. The van der Waals surface area contributed by atoms with Crippen LogP contribution in [0.3, 0.4) is 0 Å². The summed E-state index contributed by atoms with van der Waals surface area (Å²) in [5.41, 5.74) is 14.3. The van der Waals surface area contributed by atoms with Gasteiger partial charge in [-0.15, -0.1) is 0 Å². The van der Waals surface area contributed by atoms with Crippen LogP contribution in [-0.4, -0.2) is 9.97 Å². The Bertz CT molecular complexity index is 3130. The molecule has 0 fully saturated rings. The van der Waals surface area contributed by atoms with Crippen LogP contribution in [0.5, 0.6) is 0 Å². The Morgan fingerprint density at radius 2 is 1.02 bits per heavy atom. The zero-order valence-corrected chi connectivity index (χ0v) is 30.0. The van der Waals surface area contributed by atoms with E-state index in [4.69, 9.17) is 14.4 Å². The Labute approximate surface area is 313 Å². The molecule has 1 aliphatic rings. The van der Waals surface area contributed by atoms with Gasteiger partial charge in [0.2, 0.25) is 0 Å². The van der Waals surface area contributed by atoms with Gasteiger partial charge in [-0.05, 0) is 97.4 Å². The average Bonchev–Trinajstić information content (AvgIpc) is 3.71. The van der Waals surface area contributed by atoms with Gasteiger partial charge in [-0.1, -0.05) is 141 Å². The molecule has 0 atom stereocenters. The monoisotopic (exact) mass is 690 g/mol. The van der Waals surface area contributed by atoms with E-state index in [2.05, 4.69) is 166 Å². The van der Waals surface area contributed by atoms with E-state index in [0.29, 0.717) is 5.82 Å². The predicted molar refractivity (Wildman–Crippen MR) is 224 cm³/mol. The Hall–Kier alpha value is -6.84. The third kappa shape index (κ3) is 4.61. The van der Waals surface area contributed by atoms with E-state index < -0.39 is 0 Å². The molecule has 254 valence electrons. The number of fused-ring (bicyclic) bond motifs is 9. The van der Waals surface area contributed by atoms with Crippen LogP contribution in [0, 0.1) is 0 Å². The van der Waals surface area contributed by atoms with Crippen molar-refractivity contribution in [3.63, 3.8) is 0 Å². The average molecular weight is 691 g/mol. The van der Waals surface area contributed by atoms with Gasteiger partial charge >= 0.3 is 0 Å². The van der Waals surface area contributed by atoms with Crippen molar-refractivity contribution in [1.82, 2.24) is 9.97 Å². The molecule has 2 aromatic heterocycles. The van der Waals surface area contributed by atoms with Crippen LogP contribution in [0.15, 0.2) is 174 Å². The van der Waals surface area contributed by atoms with Crippen molar-refractivity contribution in [3.8, 4) is 56.2 Å². The van der Waals surface area contributed by atoms with Crippen molar-refractivity contribution in [2.24, 2.45) is 0 Å². The molecule has 0 N–H and O–H groups in total. The van der Waals surface area contributed by atoms with E-state index in [0.717, 1.165) is 55.4 Å². The summed E-state index contributed by atoms with van der Waals surface area (Å²) in [6.45, 7) is 4.74. The molecule has 2 heterocycles. The number of hydrogen-bond donors (Lipinski definition) is 0. The Kier molecular flexibility index (Phi) is 6.60. The molecule has 0 bridgehead atoms. The maximum absolute atomic E-state index is 6.16. The lowest BCUT2D eigenvalue weighted by Crippen LogP contribution is -2.15. The maximum Gasteiger partial charge on any atom is 0.161 e. The number of nitrogens with zero attached hydrogens (tertiary/aromatic N) is 2. The number of para-hydroxylation sites is 1. The molecular formula is C51H34N2O. The topological polar surface area (TPSA) is 38.9 Å². The first-order valence-corrected chi connectivity index (χ1v) is 18.6. The molecule has 0 unspecified atom stereocenters. The van der Waals surface area contributed by atoms with Crippen LogP contribution in [0.4, 0.5) is 0 Å². The number of rotatable bonds is 4. The van der Waals surface area contributed by atoms with E-state index in [1.54, 1.807) is 0 Å². The number of benzene rings is 8. The second-order valence-electron chi connectivity index (χ2n) is 14.9. The van der Waals surface area contributed by atoms with E-state index in [-0.39, 0.29) is 5.41 Å². The van der Waals surface area contributed by atoms with Crippen LogP contribution in [0.2, 0.25) is 0 Å². The Balaban J connectivity index is 1.07. The van der Waals surface area contributed by atoms with Gasteiger partial charge in [-0.2, -0.15) is 0 Å². The third-order valence-corrected chi connectivity index (χ3v) is 11.5. The number of aromatic nitrogens is 2. The van der Waals surface area contributed by atoms with Crippen molar-refractivity contribution in [1.29, 1.82) is 0 Å². The summed E-state index contributed by atoms with van der Waals surface area (Å²) in [7, 11) is 0. The molecule has 0 radical (unpaired) electrons. The molecule has 0 spiro atoms. The fourth-order valence-electron chi connectivity index (χ4n) is 8.87. The molecule has 54 heavy (non-hydrogen) atoms. The smallest absolute Gasteiger partial charge is 0.161 e. The van der Waals surface area contributed by atoms with Crippen molar-refractivity contribution in [2.45, 2.75) is 19.3 Å². The first kappa shape index (κ1) is 30.8. The standard InChI is InChI=1S/C51H34N2O/c1-51(2)44-29-33(21-23-39(44)41-24-20-31-12-6-7-15-36(31)49(41)51)35-25-26-42(38-17-9-8-16-37(35)38)50-52-45(32-13-4-3-5-14-32)30-46(53-50)34-22-27-48-43(28-34)40-18-10-11-19-47(40)54-48/h3-30H,1-2H3. The lowest BCUT2D eigenvalue weighted by atomic mass is 9.79. The zero-order valence-electron chi connectivity index (χ0n) is 30.0. The Morgan fingerprint density at radius 3 is 1.85 bits per heavy atom. The molecule has 1 aliphatic carbocycles. The molecule has 0 amide bonds. The molecule has 0 saturated heterocycles. The Morgan fingerprint density at radius 1 is 0.407 bits per heavy atom. The molecule has 0 saturated carbocycles. The van der Waals surface area contributed by atoms with Gasteiger partial charge in [0.15, 0.2) is 5.82 Å². The molecular weight excluding hydrogens is 657 g/mol. The minimum atomic E-state index is -0.134. The lowest BCUT2D eigenvalue weighted by molar-refractivity contribution is 0.666. The van der Waals surface area contributed by atoms with Crippen LogP contribution in [0.1, 0.15) is 25.0 Å². The highest BCUT2D eigenvalue weighted by atomic mass is 16.3. The normalized spacial score (nSPS) is 13.1. The van der Waals surface area contributed by atoms with Crippen molar-refractivity contribution >= 4 is 43.5 Å². The SMILES string of the molecule is CC1(C)c2cc(-c3ccc(-c4nc(-c5ccccc5)cc(-c5ccc6oc7ccccc7c6c5)n4)c4ccccc34)ccc2-c2ccc3ccccc3c21. The van der Waals surface area contributed by atoms with Crippen LogP contribution >= 0.6 is 0 Å². The third-order valence-electron chi connectivity index (χ3n) is 11.5. The number of furan rings is 1. The highest BCUT2D eigenvalue weighted by Crippen LogP contribution is 2.52. The fourth-order valence-corrected chi connectivity index (χ4v) is 8.87. The molecule has 3 nitrogen and oxygen atoms in total. The highest BCUT2D eigenvalue weighted by Gasteiger charge is 2.37. The van der Waals surface area contributed by atoms with Gasteiger partial charge in [0.1, 0.15) is 11.2 Å². The quantitative estimate of drug-likeness (QED) is 0.184. The van der Waals surface area contributed by atoms with Gasteiger partial charge in [0.05, 0.1) is 11.4 Å². The molecule has 11 rings (SSSR count). The molecule has 3 heteroatoms. The van der Waals surface area contributed by atoms with Crippen LogP contribution in [-0.2, 0) is 5.41 Å². The summed E-state index contributed by atoms with van der Waals surface area (Å²) in [5, 5.41) is 7.10. The van der Waals surface area contributed by atoms with Gasteiger partial charge in [-0.3, -0.25) is 0 Å². The van der Waals surface area contributed by atoms with Gasteiger partial charge < -0.3 is 4.42 Å². The summed E-state index contributed by atoms with van der Waals surface area (Å²) in [6, 6.07) is 60.6. The zero-order chi connectivity index (χ0) is 36.0. The van der Waals surface area contributed by atoms with Gasteiger partial charge in [0.25, 0.3) is 0 Å². The number of hydrogen-bond acceptors (Lipinski definition) is 3. The van der Waals surface area contributed by atoms with Crippen molar-refractivity contribution in [2.75, 3.05) is 0 Å². The van der Waals surface area contributed by atoms with Crippen LogP contribution < -0.4 is 0 Å². The summed E-state index contributed by atoms with van der Waals surface area (Å²) in [4.78, 5) is 10.5. The minimum Gasteiger partial charge on any atom is -0.456 e. The maximum atomic E-state index is 6.16. The highest BCUT2D eigenvalue weighted by molar-refractivity contribution is 6.07. The van der Waals surface area contributed by atoms with Gasteiger partial charge in [-0.25, -0.2) is 9.97 Å². The summed E-state index contributed by atoms with van der Waals surface area (Å²) >= 11 is 0. The minimum absolute atomic E-state index is 0.134. The fraction of sp³-hybridized carbons (Fsp3) is 0.0588. The molecule has 0 aliphatic heterocycles. The summed E-state index contributed by atoms with van der Waals surface area (Å²) in [5.74, 6) is 0.698. The first-order chi connectivity index (χ1) is 26.5. The van der Waals surface area contributed by atoms with E-state index in [9.17, 15) is 0 Å². The molecule has 10 aromatic rings. The van der Waals surface area contributed by atoms with Gasteiger partial charge in [0, 0.05) is 32.9 Å². The summed E-state index contributed by atoms with van der Waals surface area (Å²) < 4.78 is 6.16. The van der Waals surface area contributed by atoms with Crippen LogP contribution in [0.25, 0.3) is 99.6 Å². The van der Waals surface area contributed by atoms with E-state index in [1.807, 2.05) is 18.2 Å². The summed E-state index contributed by atoms with van der Waals surface area (Å²) in [6.07, 6.45) is 0. The first-order valence-electron chi connectivity index (χ1n) is 18.6. The van der Waals surface area contributed by atoms with Crippen molar-refractivity contribution in [3.05, 3.63) is 181 Å². The molecule has 8 aromatic carbocycles.